The van der Waals surface area contributed by atoms with Gasteiger partial charge in [-0.1, -0.05) is 24.3 Å². The Morgan fingerprint density at radius 1 is 1.30 bits per heavy atom. The molecular weight excluding hydrogens is 306 g/mol. The highest BCUT2D eigenvalue weighted by atomic mass is 32.1. The molecule has 2 heterocycles. The lowest BCUT2D eigenvalue weighted by Gasteiger charge is -2.13. The normalized spacial score (nSPS) is 19.8. The molecule has 0 saturated carbocycles. The Morgan fingerprint density at radius 2 is 2.13 bits per heavy atom. The second-order valence-electron chi connectivity index (χ2n) is 6.32. The number of nitrogens with one attached hydrogen (secondary N) is 1. The van der Waals surface area contributed by atoms with Crippen LogP contribution in [0.1, 0.15) is 42.0 Å². The number of anilines is 1. The van der Waals surface area contributed by atoms with Gasteiger partial charge in [0, 0.05) is 18.5 Å². The van der Waals surface area contributed by atoms with Crippen LogP contribution in [0.5, 0.6) is 0 Å². The van der Waals surface area contributed by atoms with Gasteiger partial charge in [0.2, 0.25) is 5.91 Å². The molecule has 1 saturated heterocycles. The summed E-state index contributed by atoms with van der Waals surface area (Å²) in [7, 11) is 0. The lowest BCUT2D eigenvalue weighted by Crippen LogP contribution is -2.28. The van der Waals surface area contributed by atoms with Gasteiger partial charge in [0.05, 0.1) is 18.2 Å². The van der Waals surface area contributed by atoms with Crippen LogP contribution in [0, 0.1) is 0 Å². The summed E-state index contributed by atoms with van der Waals surface area (Å²) in [5, 5.41) is 6.23. The van der Waals surface area contributed by atoms with Crippen LogP contribution < -0.4 is 10.2 Å². The van der Waals surface area contributed by atoms with E-state index in [0.717, 1.165) is 36.8 Å². The first-order valence-electron chi connectivity index (χ1n) is 8.36. The van der Waals surface area contributed by atoms with Crippen molar-refractivity contribution in [2.24, 2.45) is 0 Å². The van der Waals surface area contributed by atoms with Crippen molar-refractivity contribution in [2.45, 2.75) is 38.1 Å². The van der Waals surface area contributed by atoms with Crippen molar-refractivity contribution >= 4 is 22.4 Å². The summed E-state index contributed by atoms with van der Waals surface area (Å²) in [5.74, 6) is 0.133. The molecule has 1 aromatic heterocycles. The number of rotatable bonds is 4. The van der Waals surface area contributed by atoms with Crippen molar-refractivity contribution < 1.29 is 4.79 Å². The quantitative estimate of drug-likeness (QED) is 0.938. The molecule has 0 bridgehead atoms. The lowest BCUT2D eigenvalue weighted by atomic mass is 10.0. The Hall–Kier alpha value is -1.88. The van der Waals surface area contributed by atoms with Crippen molar-refractivity contribution in [2.75, 3.05) is 18.0 Å². The summed E-state index contributed by atoms with van der Waals surface area (Å²) in [5.41, 5.74) is 3.48. The highest BCUT2D eigenvalue weighted by Crippen LogP contribution is 2.33. The summed E-state index contributed by atoms with van der Waals surface area (Å²) in [6.45, 7) is 2.75. The van der Waals surface area contributed by atoms with Crippen LogP contribution in [0.15, 0.2) is 29.6 Å². The number of amides is 1. The maximum atomic E-state index is 12.5. The molecule has 2 aliphatic rings. The molecule has 1 aliphatic heterocycles. The summed E-state index contributed by atoms with van der Waals surface area (Å²) < 4.78 is 0. The minimum Gasteiger partial charge on any atom is -0.350 e. The molecule has 0 spiro atoms. The second-order valence-corrected chi connectivity index (χ2v) is 7.16. The van der Waals surface area contributed by atoms with Crippen LogP contribution in [-0.4, -0.2) is 24.0 Å². The Kier molecular flexibility index (Phi) is 4.04. The average Bonchev–Trinajstić information content (AvgIpc) is 3.31. The highest BCUT2D eigenvalue weighted by Gasteiger charge is 2.28. The maximum absolute atomic E-state index is 12.5. The smallest absolute Gasteiger partial charge is 0.227 e. The minimum atomic E-state index is 0.00267. The zero-order valence-electron chi connectivity index (χ0n) is 13.1. The van der Waals surface area contributed by atoms with E-state index >= 15 is 0 Å². The van der Waals surface area contributed by atoms with Crippen LogP contribution in [-0.2, 0) is 17.8 Å². The fourth-order valence-corrected chi connectivity index (χ4v) is 4.44. The third-order valence-electron chi connectivity index (χ3n) is 4.81. The number of fused-ring (bicyclic) bond motifs is 1. The number of hydrogen-bond acceptors (Lipinski definition) is 4. The summed E-state index contributed by atoms with van der Waals surface area (Å²) in [6, 6.07) is 8.29. The van der Waals surface area contributed by atoms with Gasteiger partial charge in [-0.15, -0.1) is 11.3 Å². The van der Waals surface area contributed by atoms with Gasteiger partial charge in [0.1, 0.15) is 0 Å². The number of aryl methyl sites for hydroxylation is 1. The molecule has 1 aromatic carbocycles. The second kappa shape index (κ2) is 6.32. The topological polar surface area (TPSA) is 45.2 Å². The fraction of sp³-hybridized carbons (Fsp3) is 0.444. The lowest BCUT2D eigenvalue weighted by molar-refractivity contribution is -0.122. The van der Waals surface area contributed by atoms with Crippen molar-refractivity contribution in [1.29, 1.82) is 0 Å². The van der Waals surface area contributed by atoms with E-state index in [0.29, 0.717) is 6.54 Å². The summed E-state index contributed by atoms with van der Waals surface area (Å²) in [6.07, 6.45) is 4.44. The van der Waals surface area contributed by atoms with Gasteiger partial charge < -0.3 is 10.2 Å². The van der Waals surface area contributed by atoms with Crippen molar-refractivity contribution in [3.63, 3.8) is 0 Å². The Bertz CT molecular complexity index is 706. The molecule has 1 aliphatic carbocycles. The highest BCUT2D eigenvalue weighted by molar-refractivity contribution is 7.13. The van der Waals surface area contributed by atoms with Gasteiger partial charge in [-0.2, -0.15) is 0 Å². The molecule has 4 rings (SSSR count). The van der Waals surface area contributed by atoms with E-state index in [-0.39, 0.29) is 11.8 Å². The molecule has 1 amide bonds. The molecular formula is C18H21N3OS. The van der Waals surface area contributed by atoms with E-state index in [2.05, 4.69) is 32.7 Å². The zero-order chi connectivity index (χ0) is 15.6. The molecule has 1 fully saturated rings. The average molecular weight is 327 g/mol. The van der Waals surface area contributed by atoms with Crippen LogP contribution in [0.2, 0.25) is 0 Å². The van der Waals surface area contributed by atoms with Crippen LogP contribution >= 0.6 is 11.3 Å². The molecule has 1 unspecified atom stereocenters. The molecule has 1 atom stereocenters. The van der Waals surface area contributed by atoms with Gasteiger partial charge >= 0.3 is 0 Å². The molecule has 1 N–H and O–H groups in total. The van der Waals surface area contributed by atoms with Gasteiger partial charge in [0.15, 0.2) is 5.13 Å². The van der Waals surface area contributed by atoms with Gasteiger partial charge in [-0.3, -0.25) is 4.79 Å². The van der Waals surface area contributed by atoms with Crippen molar-refractivity contribution in [3.8, 4) is 0 Å². The molecule has 0 radical (unpaired) electrons. The first kappa shape index (κ1) is 14.7. The third-order valence-corrected chi connectivity index (χ3v) is 5.76. The Morgan fingerprint density at radius 3 is 3.00 bits per heavy atom. The van der Waals surface area contributed by atoms with E-state index in [4.69, 9.17) is 0 Å². The Balaban J connectivity index is 1.37. The number of nitrogens with zero attached hydrogens (tertiary/aromatic N) is 2. The number of hydrogen-bond donors (Lipinski definition) is 1. The molecule has 2 aromatic rings. The number of carbonyl (C=O) groups excluding carboxylic acids is 1. The SMILES string of the molecule is O=C(NCc1csc(N2CCCC2)n1)C1CCc2ccccc21. The zero-order valence-corrected chi connectivity index (χ0v) is 13.9. The first-order chi connectivity index (χ1) is 11.3. The van der Waals surface area contributed by atoms with Crippen molar-refractivity contribution in [1.82, 2.24) is 10.3 Å². The van der Waals surface area contributed by atoms with Gasteiger partial charge in [-0.05, 0) is 36.8 Å². The van der Waals surface area contributed by atoms with E-state index in [1.807, 2.05) is 12.1 Å². The number of aromatic nitrogens is 1. The van der Waals surface area contributed by atoms with Crippen LogP contribution in [0.3, 0.4) is 0 Å². The first-order valence-corrected chi connectivity index (χ1v) is 9.24. The van der Waals surface area contributed by atoms with Crippen LogP contribution in [0.25, 0.3) is 0 Å². The van der Waals surface area contributed by atoms with E-state index in [1.165, 1.54) is 24.0 Å². The standard InChI is InChI=1S/C18H21N3OS/c22-17(16-8-7-13-5-1-2-6-15(13)16)19-11-14-12-23-18(20-14)21-9-3-4-10-21/h1-2,5-6,12,16H,3-4,7-11H2,(H,19,22). The number of benzene rings is 1. The largest absolute Gasteiger partial charge is 0.350 e. The van der Waals surface area contributed by atoms with Gasteiger partial charge in [0.25, 0.3) is 0 Å². The fourth-order valence-electron chi connectivity index (χ4n) is 3.56. The predicted molar refractivity (Wildman–Crippen MR) is 92.9 cm³/mol. The summed E-state index contributed by atoms with van der Waals surface area (Å²) in [4.78, 5) is 19.5. The van der Waals surface area contributed by atoms with E-state index in [9.17, 15) is 4.79 Å². The van der Waals surface area contributed by atoms with Gasteiger partial charge in [-0.25, -0.2) is 4.98 Å². The molecule has 5 heteroatoms. The van der Waals surface area contributed by atoms with Crippen LogP contribution in [0.4, 0.5) is 5.13 Å². The van der Waals surface area contributed by atoms with Crippen molar-refractivity contribution in [3.05, 3.63) is 46.5 Å². The monoisotopic (exact) mass is 327 g/mol. The summed E-state index contributed by atoms with van der Waals surface area (Å²) >= 11 is 1.68. The Labute approximate surface area is 140 Å². The predicted octanol–water partition coefficient (Wildman–Crippen LogP) is 3.09. The van der Waals surface area contributed by atoms with E-state index in [1.54, 1.807) is 11.3 Å². The number of thiazole rings is 1. The molecule has 120 valence electrons. The third kappa shape index (κ3) is 2.98. The van der Waals surface area contributed by atoms with E-state index < -0.39 is 0 Å². The number of carbonyl (C=O) groups is 1. The molecule has 4 nitrogen and oxygen atoms in total. The maximum Gasteiger partial charge on any atom is 0.227 e. The minimum absolute atomic E-state index is 0.00267. The molecule has 23 heavy (non-hydrogen) atoms.